The highest BCUT2D eigenvalue weighted by Gasteiger charge is 2.49. The summed E-state index contributed by atoms with van der Waals surface area (Å²) in [6.07, 6.45) is -0.384. The fourth-order valence-corrected chi connectivity index (χ4v) is 8.45. The molecule has 0 atom stereocenters. The summed E-state index contributed by atoms with van der Waals surface area (Å²) in [6.45, 7) is 11.4. The second-order valence-corrected chi connectivity index (χ2v) is 18.0. The number of benzene rings is 2. The van der Waals surface area contributed by atoms with Crippen LogP contribution in [0.4, 0.5) is 38.0 Å². The van der Waals surface area contributed by atoms with Gasteiger partial charge < -0.3 is 25.3 Å². The van der Waals surface area contributed by atoms with Crippen molar-refractivity contribution in [2.24, 2.45) is 0 Å². The number of H-pyrrole nitrogens is 1. The highest BCUT2D eigenvalue weighted by Crippen LogP contribution is 2.51. The number of aromatic nitrogens is 6. The fraction of sp³-hybridized carbons (Fsp3) is 0.451. The van der Waals surface area contributed by atoms with Crippen LogP contribution in [0.1, 0.15) is 110 Å². The van der Waals surface area contributed by atoms with Crippen LogP contribution in [-0.4, -0.2) is 86.1 Å². The normalized spacial score (nSPS) is 16.6. The smallest absolute Gasteiger partial charge is 0.266 e. The van der Waals surface area contributed by atoms with Gasteiger partial charge in [0.25, 0.3) is 18.4 Å². The molecule has 0 unspecified atom stereocenters. The second-order valence-electron chi connectivity index (χ2n) is 18.0. The maximum atomic E-state index is 14.5. The van der Waals surface area contributed by atoms with Crippen LogP contribution in [0, 0.1) is 48.1 Å². The summed E-state index contributed by atoms with van der Waals surface area (Å²) in [6, 6.07) is 15.7. The van der Waals surface area contributed by atoms with Crippen molar-refractivity contribution in [2.45, 2.75) is 109 Å². The van der Waals surface area contributed by atoms with Crippen molar-refractivity contribution in [1.29, 1.82) is 10.5 Å². The van der Waals surface area contributed by atoms with Crippen LogP contribution >= 0.6 is 0 Å². The Morgan fingerprint density at radius 1 is 0.732 bits per heavy atom. The lowest BCUT2D eigenvalue weighted by atomic mass is 9.97. The molecule has 374 valence electrons. The number of anilines is 2. The SMILES string of the molecule is CC.CN1CCCC1.Cc1nc(NCc2cccc(C(F)F)c2F)c2cc(C3(C#N)CC3)c(=O)[nH]c2n1.Cc1nc(NCc2cccc(C(F)F)c2F)c2cc(C3(C#N)CC3)c(OC3CN(C)C3)nc2n1. The minimum atomic E-state index is -2.91. The minimum Gasteiger partial charge on any atom is -0.471 e. The molecule has 0 spiro atoms. The number of likely N-dealkylation sites (N-methyl/N-ethyl adjacent to an activating group) is 1. The maximum Gasteiger partial charge on any atom is 0.266 e. The molecule has 0 bridgehead atoms. The van der Waals surface area contributed by atoms with Gasteiger partial charge in [-0.3, -0.25) is 9.69 Å². The van der Waals surface area contributed by atoms with Gasteiger partial charge in [-0.25, -0.2) is 46.3 Å². The number of hydrogen-bond donors (Lipinski definition) is 3. The fourth-order valence-electron chi connectivity index (χ4n) is 8.45. The van der Waals surface area contributed by atoms with Crippen molar-refractivity contribution in [2.75, 3.05) is 50.9 Å². The van der Waals surface area contributed by atoms with Crippen molar-refractivity contribution in [1.82, 2.24) is 39.7 Å². The second kappa shape index (κ2) is 22.0. The molecule has 0 radical (unpaired) electrons. The van der Waals surface area contributed by atoms with Gasteiger partial charge >= 0.3 is 0 Å². The molecule has 14 nitrogen and oxygen atoms in total. The molecule has 2 saturated heterocycles. The molecule has 6 aromatic rings. The zero-order valence-electron chi connectivity index (χ0n) is 40.4. The Kier molecular flexibility index (Phi) is 16.1. The Morgan fingerprint density at radius 2 is 1.23 bits per heavy atom. The van der Waals surface area contributed by atoms with E-state index in [1.54, 1.807) is 19.9 Å². The van der Waals surface area contributed by atoms with Crippen molar-refractivity contribution in [3.63, 3.8) is 0 Å². The number of ether oxygens (including phenoxy) is 1. The Balaban J connectivity index is 0.000000182. The van der Waals surface area contributed by atoms with Crippen molar-refractivity contribution in [3.05, 3.63) is 116 Å². The molecule has 2 saturated carbocycles. The summed E-state index contributed by atoms with van der Waals surface area (Å²) in [5.41, 5.74) is -1.28. The highest BCUT2D eigenvalue weighted by atomic mass is 19.3. The molecule has 71 heavy (non-hydrogen) atoms. The molecular formula is C51H56F6N12O2. The highest BCUT2D eigenvalue weighted by molar-refractivity contribution is 5.89. The Labute approximate surface area is 407 Å². The minimum absolute atomic E-state index is 0.00573. The first-order valence-corrected chi connectivity index (χ1v) is 23.6. The Bertz CT molecular complexity index is 3030. The van der Waals surface area contributed by atoms with Crippen LogP contribution in [0.15, 0.2) is 53.3 Å². The standard InChI is InChI=1S/C24H23F3N6O.C20H16F3N5O.C5H11N.C2H6/c1-13-30-21(29-9-14-4-3-5-16(19(14)25)20(26)27)17-8-18(24(12-28)6-7-24)23(32-22(17)31-13)34-15-10-33(2)11-15;1-10-26-17(25-8-11-3-2-4-12(15(11)21)16(22)23)13-7-14(20(9-24)5-6-20)19(29)28-18(13)27-10;1-6-4-2-3-5-6;1-2/h3-5,8,15,20H,6-7,9-11H2,1-2H3,(H,29,30,31,32);2-4,7,16H,5-6,8H2,1H3,(H2,25,26,27,28,29);2-5H2,1H3;1-2H3. The molecule has 4 fully saturated rings. The molecule has 3 N–H and O–H groups in total. The van der Waals surface area contributed by atoms with E-state index in [2.05, 4.69) is 69.5 Å². The number of nitriles is 2. The average molecular weight is 983 g/mol. The van der Waals surface area contributed by atoms with E-state index in [1.807, 2.05) is 27.0 Å². The molecule has 20 heteroatoms. The number of pyridine rings is 2. The van der Waals surface area contributed by atoms with Crippen LogP contribution in [0.3, 0.4) is 0 Å². The molecule has 4 aliphatic rings. The molecule has 2 aliphatic carbocycles. The van der Waals surface area contributed by atoms with Crippen LogP contribution in [0.2, 0.25) is 0 Å². The number of hydrogen-bond acceptors (Lipinski definition) is 13. The number of nitrogens with zero attached hydrogens (tertiary/aromatic N) is 9. The first kappa shape index (κ1) is 51.9. The van der Waals surface area contributed by atoms with Gasteiger partial charge in [0.05, 0.1) is 44.9 Å². The maximum absolute atomic E-state index is 14.5. The monoisotopic (exact) mass is 982 g/mol. The van der Waals surface area contributed by atoms with Gasteiger partial charge in [-0.1, -0.05) is 50.2 Å². The zero-order chi connectivity index (χ0) is 51.2. The summed E-state index contributed by atoms with van der Waals surface area (Å²) in [5, 5.41) is 26.3. The summed E-state index contributed by atoms with van der Waals surface area (Å²) < 4.78 is 87.0. The lowest BCUT2D eigenvalue weighted by Gasteiger charge is -2.36. The number of likely N-dealkylation sites (tertiary alicyclic amines) is 2. The van der Waals surface area contributed by atoms with E-state index in [0.717, 1.165) is 25.2 Å². The Hall–Kier alpha value is -6.90. The molecule has 0 amide bonds. The quantitative estimate of drug-likeness (QED) is 0.0986. The van der Waals surface area contributed by atoms with Gasteiger partial charge in [0.15, 0.2) is 5.65 Å². The van der Waals surface area contributed by atoms with Gasteiger partial charge in [-0.05, 0) is 91.7 Å². The van der Waals surface area contributed by atoms with Crippen LogP contribution < -0.4 is 20.9 Å². The number of halogens is 6. The van der Waals surface area contributed by atoms with E-state index in [0.29, 0.717) is 82.4 Å². The van der Waals surface area contributed by atoms with E-state index in [-0.39, 0.29) is 41.5 Å². The predicted octanol–water partition coefficient (Wildman–Crippen LogP) is 9.88. The van der Waals surface area contributed by atoms with Crippen molar-refractivity contribution < 1.29 is 31.1 Å². The molecule has 2 aliphatic heterocycles. The molecule has 10 rings (SSSR count). The number of nitrogens with one attached hydrogen (secondary N) is 3. The van der Waals surface area contributed by atoms with E-state index >= 15 is 0 Å². The zero-order valence-corrected chi connectivity index (χ0v) is 40.4. The van der Waals surface area contributed by atoms with Gasteiger partial charge in [-0.15, -0.1) is 0 Å². The molecule has 2 aromatic carbocycles. The van der Waals surface area contributed by atoms with Gasteiger partial charge in [0.2, 0.25) is 5.88 Å². The Morgan fingerprint density at radius 3 is 1.69 bits per heavy atom. The van der Waals surface area contributed by atoms with E-state index in [1.165, 1.54) is 50.2 Å². The predicted molar refractivity (Wildman–Crippen MR) is 257 cm³/mol. The van der Waals surface area contributed by atoms with Crippen LogP contribution in [0.25, 0.3) is 22.1 Å². The van der Waals surface area contributed by atoms with Gasteiger partial charge in [0, 0.05) is 48.4 Å². The molecular weight excluding hydrogens is 927 g/mol. The van der Waals surface area contributed by atoms with E-state index in [4.69, 9.17) is 4.74 Å². The summed E-state index contributed by atoms with van der Waals surface area (Å²) in [4.78, 5) is 41.6. The number of alkyl halides is 4. The average Bonchev–Trinajstić information content (AvgIpc) is 4.27. The lowest BCUT2D eigenvalue weighted by Crippen LogP contribution is -2.51. The third-order valence-electron chi connectivity index (χ3n) is 12.8. The first-order valence-electron chi connectivity index (χ1n) is 23.6. The lowest BCUT2D eigenvalue weighted by molar-refractivity contribution is 0.0348. The third kappa shape index (κ3) is 11.7. The summed E-state index contributed by atoms with van der Waals surface area (Å²) in [7, 11) is 4.17. The van der Waals surface area contributed by atoms with Crippen molar-refractivity contribution in [3.8, 4) is 18.0 Å². The first-order chi connectivity index (χ1) is 34.0. The largest absolute Gasteiger partial charge is 0.471 e. The number of aromatic amines is 1. The van der Waals surface area contributed by atoms with Crippen molar-refractivity contribution >= 4 is 33.7 Å². The summed E-state index contributed by atoms with van der Waals surface area (Å²) in [5.74, 6) is 0.00761. The van der Waals surface area contributed by atoms with Crippen LogP contribution in [0.5, 0.6) is 5.88 Å². The number of aryl methyl sites for hydroxylation is 2. The van der Waals surface area contributed by atoms with E-state index in [9.17, 15) is 41.7 Å². The number of fused-ring (bicyclic) bond motifs is 2. The topological polar surface area (TPSA) is 185 Å². The van der Waals surface area contributed by atoms with Crippen LogP contribution in [-0.2, 0) is 23.9 Å². The van der Waals surface area contributed by atoms with Gasteiger partial charge in [-0.2, -0.15) is 15.5 Å². The van der Waals surface area contributed by atoms with E-state index < -0.39 is 46.4 Å². The molecule has 4 aromatic heterocycles. The third-order valence-corrected chi connectivity index (χ3v) is 12.8. The molecule has 6 heterocycles. The number of rotatable bonds is 12. The van der Waals surface area contributed by atoms with Gasteiger partial charge in [0.1, 0.15) is 46.7 Å². The summed E-state index contributed by atoms with van der Waals surface area (Å²) >= 11 is 0.